The van der Waals surface area contributed by atoms with Gasteiger partial charge in [0, 0.05) is 17.0 Å². The molecule has 0 saturated heterocycles. The molecular formula is C10H13N3O2. The maximum absolute atomic E-state index is 8.19. The lowest BCUT2D eigenvalue weighted by molar-refractivity contribution is 0.385. The standard InChI is InChI=1S/C10H13N3O2/c1-14-9-4-3-5-10(15-2)8(9)6-7-12-13-11/h3-5H,6-7H2,1-2H3. The second kappa shape index (κ2) is 5.78. The molecule has 0 aromatic heterocycles. The fourth-order valence-corrected chi connectivity index (χ4v) is 1.38. The largest absolute Gasteiger partial charge is 0.496 e. The van der Waals surface area contributed by atoms with Crippen molar-refractivity contribution in [2.24, 2.45) is 5.11 Å². The van der Waals surface area contributed by atoms with Crippen LogP contribution in [0.25, 0.3) is 10.4 Å². The van der Waals surface area contributed by atoms with Gasteiger partial charge in [0.25, 0.3) is 0 Å². The molecule has 0 bridgehead atoms. The fraction of sp³-hybridized carbons (Fsp3) is 0.400. The van der Waals surface area contributed by atoms with Crippen LogP contribution in [0.1, 0.15) is 5.56 Å². The quantitative estimate of drug-likeness (QED) is 0.423. The van der Waals surface area contributed by atoms with E-state index in [-0.39, 0.29) is 0 Å². The van der Waals surface area contributed by atoms with Gasteiger partial charge >= 0.3 is 0 Å². The number of rotatable bonds is 5. The second-order valence-electron chi connectivity index (χ2n) is 2.85. The van der Waals surface area contributed by atoms with Gasteiger partial charge in [-0.1, -0.05) is 11.2 Å². The van der Waals surface area contributed by atoms with Crippen LogP contribution in [0.5, 0.6) is 11.5 Å². The summed E-state index contributed by atoms with van der Waals surface area (Å²) >= 11 is 0. The highest BCUT2D eigenvalue weighted by Crippen LogP contribution is 2.28. The van der Waals surface area contributed by atoms with Gasteiger partial charge in [0.2, 0.25) is 0 Å². The summed E-state index contributed by atoms with van der Waals surface area (Å²) < 4.78 is 10.4. The van der Waals surface area contributed by atoms with E-state index in [4.69, 9.17) is 15.0 Å². The molecule has 0 spiro atoms. The van der Waals surface area contributed by atoms with E-state index in [1.54, 1.807) is 14.2 Å². The van der Waals surface area contributed by atoms with Gasteiger partial charge in [0.05, 0.1) is 14.2 Å². The maximum atomic E-state index is 8.19. The monoisotopic (exact) mass is 207 g/mol. The predicted molar refractivity (Wildman–Crippen MR) is 57.3 cm³/mol. The van der Waals surface area contributed by atoms with E-state index in [0.29, 0.717) is 13.0 Å². The molecule has 0 heterocycles. The maximum Gasteiger partial charge on any atom is 0.125 e. The molecule has 0 radical (unpaired) electrons. The van der Waals surface area contributed by atoms with E-state index in [2.05, 4.69) is 10.0 Å². The van der Waals surface area contributed by atoms with Crippen molar-refractivity contribution in [3.63, 3.8) is 0 Å². The van der Waals surface area contributed by atoms with Gasteiger partial charge in [0.1, 0.15) is 11.5 Å². The van der Waals surface area contributed by atoms with Crippen molar-refractivity contribution >= 4 is 0 Å². The zero-order valence-corrected chi connectivity index (χ0v) is 8.80. The number of ether oxygens (including phenoxy) is 2. The predicted octanol–water partition coefficient (Wildman–Crippen LogP) is 2.56. The molecule has 0 fully saturated rings. The molecule has 1 aromatic carbocycles. The third-order valence-electron chi connectivity index (χ3n) is 2.05. The van der Waals surface area contributed by atoms with Gasteiger partial charge in [-0.25, -0.2) is 0 Å². The van der Waals surface area contributed by atoms with Gasteiger partial charge in [-0.2, -0.15) is 0 Å². The molecule has 0 saturated carbocycles. The number of hydrogen-bond donors (Lipinski definition) is 0. The Labute approximate surface area is 88.3 Å². The van der Waals surface area contributed by atoms with Crippen molar-refractivity contribution in [3.8, 4) is 11.5 Å². The fourth-order valence-electron chi connectivity index (χ4n) is 1.38. The molecule has 0 aliphatic carbocycles. The van der Waals surface area contributed by atoms with Crippen LogP contribution in [-0.2, 0) is 6.42 Å². The molecule has 0 N–H and O–H groups in total. The lowest BCUT2D eigenvalue weighted by atomic mass is 10.1. The first-order valence-corrected chi connectivity index (χ1v) is 4.54. The molecule has 0 atom stereocenters. The van der Waals surface area contributed by atoms with Crippen LogP contribution >= 0.6 is 0 Å². The van der Waals surface area contributed by atoms with Crippen molar-refractivity contribution in [1.29, 1.82) is 0 Å². The first kappa shape index (κ1) is 11.2. The molecule has 0 aliphatic heterocycles. The Kier molecular flexibility index (Phi) is 4.31. The Morgan fingerprint density at radius 1 is 1.27 bits per heavy atom. The normalized spacial score (nSPS) is 9.20. The summed E-state index contributed by atoms with van der Waals surface area (Å²) in [6.45, 7) is 0.396. The Morgan fingerprint density at radius 3 is 2.33 bits per heavy atom. The molecule has 5 nitrogen and oxygen atoms in total. The zero-order valence-electron chi connectivity index (χ0n) is 8.80. The van der Waals surface area contributed by atoms with E-state index in [1.807, 2.05) is 18.2 Å². The zero-order chi connectivity index (χ0) is 11.1. The summed E-state index contributed by atoms with van der Waals surface area (Å²) in [5.74, 6) is 1.50. The molecule has 0 aliphatic rings. The van der Waals surface area contributed by atoms with Gasteiger partial charge in [-0.05, 0) is 24.1 Å². The summed E-state index contributed by atoms with van der Waals surface area (Å²) in [6.07, 6.45) is 0.608. The summed E-state index contributed by atoms with van der Waals surface area (Å²) in [5, 5.41) is 3.49. The minimum absolute atomic E-state index is 0.396. The minimum atomic E-state index is 0.396. The SMILES string of the molecule is COc1cccc(OC)c1CCN=[N+]=[N-]. The van der Waals surface area contributed by atoms with Crippen molar-refractivity contribution in [2.75, 3.05) is 20.8 Å². The number of benzene rings is 1. The van der Waals surface area contributed by atoms with Crippen LogP contribution in [0.4, 0.5) is 0 Å². The number of nitrogens with zero attached hydrogens (tertiary/aromatic N) is 3. The lowest BCUT2D eigenvalue weighted by Gasteiger charge is -2.11. The average molecular weight is 207 g/mol. The van der Waals surface area contributed by atoms with E-state index in [1.165, 1.54) is 0 Å². The van der Waals surface area contributed by atoms with Gasteiger partial charge < -0.3 is 9.47 Å². The molecule has 80 valence electrons. The third kappa shape index (κ3) is 2.79. The Balaban J connectivity index is 2.94. The second-order valence-corrected chi connectivity index (χ2v) is 2.85. The molecule has 1 aromatic rings. The van der Waals surface area contributed by atoms with Crippen LogP contribution in [0.2, 0.25) is 0 Å². The van der Waals surface area contributed by atoms with Crippen LogP contribution in [0, 0.1) is 0 Å². The number of methoxy groups -OCH3 is 2. The van der Waals surface area contributed by atoms with E-state index in [9.17, 15) is 0 Å². The van der Waals surface area contributed by atoms with Crippen molar-refractivity contribution in [2.45, 2.75) is 6.42 Å². The Bertz CT molecular complexity index is 351. The summed E-state index contributed by atoms with van der Waals surface area (Å²) in [7, 11) is 3.21. The summed E-state index contributed by atoms with van der Waals surface area (Å²) in [6, 6.07) is 5.57. The van der Waals surface area contributed by atoms with E-state index < -0.39 is 0 Å². The highest BCUT2D eigenvalue weighted by Gasteiger charge is 2.08. The van der Waals surface area contributed by atoms with Crippen molar-refractivity contribution in [3.05, 3.63) is 34.2 Å². The molecule has 5 heteroatoms. The highest BCUT2D eigenvalue weighted by atomic mass is 16.5. The lowest BCUT2D eigenvalue weighted by Crippen LogP contribution is -1.98. The first-order valence-electron chi connectivity index (χ1n) is 4.54. The van der Waals surface area contributed by atoms with Crippen molar-refractivity contribution < 1.29 is 9.47 Å². The van der Waals surface area contributed by atoms with Crippen LogP contribution < -0.4 is 9.47 Å². The van der Waals surface area contributed by atoms with Gasteiger partial charge in [0.15, 0.2) is 0 Å². The molecular weight excluding hydrogens is 194 g/mol. The van der Waals surface area contributed by atoms with Gasteiger partial charge in [-0.15, -0.1) is 0 Å². The van der Waals surface area contributed by atoms with Crippen LogP contribution in [0.15, 0.2) is 23.3 Å². The molecule has 1 rings (SSSR count). The smallest absolute Gasteiger partial charge is 0.125 e. The Morgan fingerprint density at radius 2 is 1.87 bits per heavy atom. The molecule has 0 amide bonds. The number of hydrogen-bond acceptors (Lipinski definition) is 3. The molecule has 15 heavy (non-hydrogen) atoms. The highest BCUT2D eigenvalue weighted by molar-refractivity contribution is 5.44. The summed E-state index contributed by atoms with van der Waals surface area (Å²) in [4.78, 5) is 2.71. The average Bonchev–Trinajstić information content (AvgIpc) is 2.29. The van der Waals surface area contributed by atoms with E-state index >= 15 is 0 Å². The number of azide groups is 1. The third-order valence-corrected chi connectivity index (χ3v) is 2.05. The van der Waals surface area contributed by atoms with Gasteiger partial charge in [-0.3, -0.25) is 0 Å². The van der Waals surface area contributed by atoms with Crippen LogP contribution in [-0.4, -0.2) is 20.8 Å². The molecule has 0 unspecified atom stereocenters. The minimum Gasteiger partial charge on any atom is -0.496 e. The Hall–Kier alpha value is -1.87. The van der Waals surface area contributed by atoms with Crippen molar-refractivity contribution in [1.82, 2.24) is 0 Å². The van der Waals surface area contributed by atoms with E-state index in [0.717, 1.165) is 17.1 Å². The first-order chi connectivity index (χ1) is 7.33. The topological polar surface area (TPSA) is 67.2 Å². The summed E-state index contributed by atoms with van der Waals surface area (Å²) in [5.41, 5.74) is 9.12. The van der Waals surface area contributed by atoms with Crippen LogP contribution in [0.3, 0.4) is 0 Å².